The first kappa shape index (κ1) is 14.5. The lowest BCUT2D eigenvalue weighted by atomic mass is 10.0. The van der Waals surface area contributed by atoms with Gasteiger partial charge < -0.3 is 14.8 Å². The maximum absolute atomic E-state index is 8.74. The molecule has 6 heteroatoms. The Morgan fingerprint density at radius 1 is 1.35 bits per heavy atom. The van der Waals surface area contributed by atoms with Gasteiger partial charge in [0.25, 0.3) is 0 Å². The van der Waals surface area contributed by atoms with Gasteiger partial charge in [0.2, 0.25) is 0 Å². The molecule has 2 aliphatic rings. The summed E-state index contributed by atoms with van der Waals surface area (Å²) in [6.07, 6.45) is 6.66. The third kappa shape index (κ3) is 2.55. The molecule has 0 radical (unpaired) electrons. The van der Waals surface area contributed by atoms with E-state index in [1.54, 1.807) is 6.33 Å². The first-order valence-corrected chi connectivity index (χ1v) is 8.36. The number of hydrogen-bond donors (Lipinski definition) is 1. The summed E-state index contributed by atoms with van der Waals surface area (Å²) < 4.78 is 0. The highest BCUT2D eigenvalue weighted by Crippen LogP contribution is 2.41. The molecule has 1 saturated carbocycles. The fraction of sp³-hybridized carbons (Fsp3) is 0.588. The van der Waals surface area contributed by atoms with Crippen molar-refractivity contribution < 1.29 is 0 Å². The topological polar surface area (TPSA) is 71.8 Å². The molecular formula is C17H22N6. The van der Waals surface area contributed by atoms with E-state index >= 15 is 0 Å². The highest BCUT2D eigenvalue weighted by molar-refractivity contribution is 5.87. The van der Waals surface area contributed by atoms with Crippen molar-refractivity contribution >= 4 is 16.9 Å². The molecule has 1 aliphatic heterocycles. The highest BCUT2D eigenvalue weighted by Gasteiger charge is 2.42. The predicted octanol–water partition coefficient (Wildman–Crippen LogP) is 2.02. The van der Waals surface area contributed by atoms with Crippen LogP contribution < -0.4 is 4.90 Å². The van der Waals surface area contributed by atoms with Crippen LogP contribution in [0.2, 0.25) is 0 Å². The first-order valence-electron chi connectivity index (χ1n) is 8.36. The van der Waals surface area contributed by atoms with E-state index in [9.17, 15) is 0 Å². The van der Waals surface area contributed by atoms with Crippen LogP contribution in [0.25, 0.3) is 11.0 Å². The Kier molecular flexibility index (Phi) is 3.66. The molecule has 3 heterocycles. The fourth-order valence-corrected chi connectivity index (χ4v) is 4.38. The van der Waals surface area contributed by atoms with Crippen LogP contribution in [0.4, 0.5) is 5.82 Å². The van der Waals surface area contributed by atoms with Gasteiger partial charge in [-0.2, -0.15) is 5.26 Å². The average molecular weight is 310 g/mol. The molecule has 23 heavy (non-hydrogen) atoms. The number of nitrogens with one attached hydrogen (secondary N) is 1. The maximum Gasteiger partial charge on any atom is 0.142 e. The fourth-order valence-electron chi connectivity index (χ4n) is 4.38. The molecule has 1 saturated heterocycles. The van der Waals surface area contributed by atoms with Crippen LogP contribution in [0.15, 0.2) is 18.6 Å². The Hall–Kier alpha value is -2.13. The van der Waals surface area contributed by atoms with Crippen molar-refractivity contribution in [2.75, 3.05) is 31.6 Å². The second kappa shape index (κ2) is 5.82. The van der Waals surface area contributed by atoms with E-state index < -0.39 is 0 Å². The molecule has 3 atom stereocenters. The van der Waals surface area contributed by atoms with Crippen molar-refractivity contribution in [2.45, 2.75) is 25.3 Å². The van der Waals surface area contributed by atoms with Gasteiger partial charge in [0.15, 0.2) is 0 Å². The maximum atomic E-state index is 8.74. The van der Waals surface area contributed by atoms with Gasteiger partial charge in [-0.3, -0.25) is 0 Å². The molecule has 2 aromatic rings. The summed E-state index contributed by atoms with van der Waals surface area (Å²) in [7, 11) is 2.16. The molecule has 0 bridgehead atoms. The Morgan fingerprint density at radius 2 is 2.13 bits per heavy atom. The van der Waals surface area contributed by atoms with Gasteiger partial charge in [-0.15, -0.1) is 0 Å². The number of anilines is 1. The van der Waals surface area contributed by atoms with E-state index in [2.05, 4.69) is 43.9 Å². The van der Waals surface area contributed by atoms with Gasteiger partial charge in [-0.1, -0.05) is 0 Å². The van der Waals surface area contributed by atoms with E-state index in [0.29, 0.717) is 12.5 Å². The lowest BCUT2D eigenvalue weighted by Crippen LogP contribution is -2.33. The smallest absolute Gasteiger partial charge is 0.142 e. The second-order valence-electron chi connectivity index (χ2n) is 6.86. The lowest BCUT2D eigenvalue weighted by molar-refractivity contribution is 0.313. The first-order chi connectivity index (χ1) is 11.3. The summed E-state index contributed by atoms with van der Waals surface area (Å²) in [5.41, 5.74) is 0.905. The second-order valence-corrected chi connectivity index (χ2v) is 6.86. The molecule has 0 aromatic carbocycles. The number of rotatable bonds is 4. The number of H-pyrrole nitrogens is 1. The molecule has 2 aromatic heterocycles. The van der Waals surface area contributed by atoms with Crippen LogP contribution in [-0.2, 0) is 0 Å². The van der Waals surface area contributed by atoms with Crippen LogP contribution in [0.1, 0.15) is 19.3 Å². The van der Waals surface area contributed by atoms with E-state index in [1.807, 2.05) is 6.20 Å². The zero-order valence-corrected chi connectivity index (χ0v) is 13.4. The molecule has 1 aliphatic carbocycles. The summed E-state index contributed by atoms with van der Waals surface area (Å²) >= 11 is 0. The Bertz CT molecular complexity index is 718. The van der Waals surface area contributed by atoms with E-state index in [1.165, 1.54) is 12.8 Å². The summed E-state index contributed by atoms with van der Waals surface area (Å²) in [5, 5.41) is 9.84. The van der Waals surface area contributed by atoms with Crippen molar-refractivity contribution in [1.82, 2.24) is 19.9 Å². The summed E-state index contributed by atoms with van der Waals surface area (Å²) in [4.78, 5) is 16.8. The zero-order chi connectivity index (χ0) is 15.8. The number of likely N-dealkylation sites (tertiary alicyclic amines) is 1. The van der Waals surface area contributed by atoms with Gasteiger partial charge in [0, 0.05) is 45.3 Å². The SMILES string of the molecule is CN(c1ncnc2[nH]ccc12)[C@@H]1CC2CN(CCC#N)C[C@@H]2C1. The number of nitriles is 1. The number of hydrogen-bond acceptors (Lipinski definition) is 5. The van der Waals surface area contributed by atoms with Gasteiger partial charge in [-0.05, 0) is 30.7 Å². The summed E-state index contributed by atoms with van der Waals surface area (Å²) in [5.74, 6) is 2.57. The molecular weight excluding hydrogens is 288 g/mol. The monoisotopic (exact) mass is 310 g/mol. The summed E-state index contributed by atoms with van der Waals surface area (Å²) in [6.45, 7) is 3.24. The van der Waals surface area contributed by atoms with Crippen LogP contribution in [0, 0.1) is 23.2 Å². The van der Waals surface area contributed by atoms with E-state index in [-0.39, 0.29) is 0 Å². The minimum Gasteiger partial charge on any atom is -0.356 e. The van der Waals surface area contributed by atoms with Crippen LogP contribution in [0.5, 0.6) is 0 Å². The third-order valence-electron chi connectivity index (χ3n) is 5.56. The lowest BCUT2D eigenvalue weighted by Gasteiger charge is -2.27. The quantitative estimate of drug-likeness (QED) is 0.935. The van der Waals surface area contributed by atoms with Gasteiger partial charge in [0.05, 0.1) is 11.5 Å². The van der Waals surface area contributed by atoms with Crippen LogP contribution >= 0.6 is 0 Å². The minimum absolute atomic E-state index is 0.552. The van der Waals surface area contributed by atoms with Gasteiger partial charge in [-0.25, -0.2) is 9.97 Å². The van der Waals surface area contributed by atoms with E-state index in [4.69, 9.17) is 5.26 Å². The predicted molar refractivity (Wildman–Crippen MR) is 89.0 cm³/mol. The number of fused-ring (bicyclic) bond motifs is 2. The van der Waals surface area contributed by atoms with Crippen molar-refractivity contribution in [3.63, 3.8) is 0 Å². The largest absolute Gasteiger partial charge is 0.356 e. The van der Waals surface area contributed by atoms with Crippen molar-refractivity contribution in [3.8, 4) is 6.07 Å². The zero-order valence-electron chi connectivity index (χ0n) is 13.4. The number of nitrogens with zero attached hydrogens (tertiary/aromatic N) is 5. The van der Waals surface area contributed by atoms with Gasteiger partial charge in [0.1, 0.15) is 17.8 Å². The standard InChI is InChI=1S/C17H22N6/c1-22(17-15-3-5-19-16(15)20-11-21-17)14-7-12-9-23(6-2-4-18)10-13(12)8-14/h3,5,11-14H,2,6-10H2,1H3,(H,19,20,21)/t12-,13?,14-/m0/s1. The normalized spacial score (nSPS) is 27.2. The highest BCUT2D eigenvalue weighted by atomic mass is 15.2. The van der Waals surface area contributed by atoms with Crippen molar-refractivity contribution in [3.05, 3.63) is 18.6 Å². The Balaban J connectivity index is 1.45. The average Bonchev–Trinajstić information content (AvgIpc) is 3.25. The molecule has 1 N–H and O–H groups in total. The summed E-state index contributed by atoms with van der Waals surface area (Å²) in [6, 6.07) is 4.86. The molecule has 2 fully saturated rings. The van der Waals surface area contributed by atoms with Crippen LogP contribution in [-0.4, -0.2) is 52.6 Å². The molecule has 1 unspecified atom stereocenters. The molecule has 6 nitrogen and oxygen atoms in total. The third-order valence-corrected chi connectivity index (χ3v) is 5.56. The number of aromatic amines is 1. The Morgan fingerprint density at radius 3 is 2.87 bits per heavy atom. The minimum atomic E-state index is 0.552. The van der Waals surface area contributed by atoms with Crippen molar-refractivity contribution in [2.24, 2.45) is 11.8 Å². The van der Waals surface area contributed by atoms with E-state index in [0.717, 1.165) is 48.3 Å². The number of aromatic nitrogens is 3. The van der Waals surface area contributed by atoms with Crippen LogP contribution in [0.3, 0.4) is 0 Å². The van der Waals surface area contributed by atoms with Crippen molar-refractivity contribution in [1.29, 1.82) is 5.26 Å². The molecule has 0 amide bonds. The Labute approximate surface area is 136 Å². The molecule has 0 spiro atoms. The molecule has 120 valence electrons. The van der Waals surface area contributed by atoms with Gasteiger partial charge >= 0.3 is 0 Å². The molecule has 4 rings (SSSR count).